The minimum Gasteiger partial charge on any atom is -0.337 e. The summed E-state index contributed by atoms with van der Waals surface area (Å²) in [5, 5.41) is 0. The number of nitrogens with zero attached hydrogens (tertiary/aromatic N) is 2. The van der Waals surface area contributed by atoms with Crippen LogP contribution in [0.1, 0.15) is 17.0 Å². The predicted octanol–water partition coefficient (Wildman–Crippen LogP) is 1.93. The van der Waals surface area contributed by atoms with Gasteiger partial charge in [-0.15, -0.1) is 0 Å². The number of aromatic nitrogens is 2. The summed E-state index contributed by atoms with van der Waals surface area (Å²) in [6, 6.07) is 8.57. The highest BCUT2D eigenvalue weighted by atomic mass is 15.0. The summed E-state index contributed by atoms with van der Waals surface area (Å²) in [4.78, 5) is 4.04. The molecule has 84 valence electrons. The normalized spacial score (nSPS) is 12.6. The fourth-order valence-corrected chi connectivity index (χ4v) is 1.80. The Morgan fingerprint density at radius 1 is 1.31 bits per heavy atom. The fraction of sp³-hybridized carbons (Fsp3) is 0.308. The number of imidazole rings is 1. The number of benzene rings is 1. The van der Waals surface area contributed by atoms with Crippen molar-refractivity contribution >= 4 is 0 Å². The molecule has 2 aromatic rings. The lowest BCUT2D eigenvalue weighted by Gasteiger charge is -2.15. The van der Waals surface area contributed by atoms with E-state index in [1.807, 2.05) is 12.5 Å². The minimum atomic E-state index is 0.356. The Hall–Kier alpha value is -1.61. The molecular formula is C13H17N3. The lowest BCUT2D eigenvalue weighted by atomic mass is 9.98. The van der Waals surface area contributed by atoms with Crippen LogP contribution >= 0.6 is 0 Å². The van der Waals surface area contributed by atoms with Crippen LogP contribution in [0.15, 0.2) is 43.0 Å². The number of hydrogen-bond acceptors (Lipinski definition) is 2. The van der Waals surface area contributed by atoms with Gasteiger partial charge in [0.15, 0.2) is 0 Å². The van der Waals surface area contributed by atoms with Gasteiger partial charge in [-0.3, -0.25) is 0 Å². The third-order valence-corrected chi connectivity index (χ3v) is 2.82. The molecule has 1 aromatic carbocycles. The molecule has 0 aliphatic heterocycles. The van der Waals surface area contributed by atoms with Crippen LogP contribution in [0.3, 0.4) is 0 Å². The van der Waals surface area contributed by atoms with E-state index in [1.54, 1.807) is 6.20 Å². The van der Waals surface area contributed by atoms with Crippen LogP contribution in [0.5, 0.6) is 0 Å². The quantitative estimate of drug-likeness (QED) is 0.847. The zero-order valence-electron chi connectivity index (χ0n) is 9.50. The van der Waals surface area contributed by atoms with Crippen molar-refractivity contribution in [2.75, 3.05) is 6.54 Å². The Morgan fingerprint density at radius 3 is 2.62 bits per heavy atom. The number of hydrogen-bond donors (Lipinski definition) is 1. The molecule has 16 heavy (non-hydrogen) atoms. The summed E-state index contributed by atoms with van der Waals surface area (Å²) in [5.41, 5.74) is 8.40. The van der Waals surface area contributed by atoms with Gasteiger partial charge in [-0.05, 0) is 12.5 Å². The number of aryl methyl sites for hydroxylation is 1. The van der Waals surface area contributed by atoms with Gasteiger partial charge in [-0.2, -0.15) is 0 Å². The van der Waals surface area contributed by atoms with Crippen LogP contribution in [-0.2, 0) is 6.54 Å². The van der Waals surface area contributed by atoms with E-state index in [0.717, 1.165) is 6.54 Å². The maximum Gasteiger partial charge on any atom is 0.0946 e. The van der Waals surface area contributed by atoms with Gasteiger partial charge in [-0.1, -0.05) is 29.8 Å². The molecule has 0 aliphatic rings. The molecule has 0 spiro atoms. The maximum atomic E-state index is 5.83. The second kappa shape index (κ2) is 4.94. The number of nitrogens with two attached hydrogens (primary N) is 1. The predicted molar refractivity (Wildman–Crippen MR) is 65.2 cm³/mol. The maximum absolute atomic E-state index is 5.83. The average Bonchev–Trinajstić information content (AvgIpc) is 2.80. The standard InChI is InChI=1S/C13H17N3/c1-11-2-4-12(5-3-11)13(8-14)9-16-7-6-15-10-16/h2-7,10,13H,8-9,14H2,1H3. The molecule has 0 aliphatic carbocycles. The van der Waals surface area contributed by atoms with Crippen LogP contribution in [0.25, 0.3) is 0 Å². The first kappa shape index (κ1) is 10.9. The summed E-state index contributed by atoms with van der Waals surface area (Å²) in [5.74, 6) is 0.356. The molecule has 1 atom stereocenters. The molecule has 0 radical (unpaired) electrons. The van der Waals surface area contributed by atoms with E-state index in [1.165, 1.54) is 11.1 Å². The van der Waals surface area contributed by atoms with Gasteiger partial charge in [-0.25, -0.2) is 4.98 Å². The summed E-state index contributed by atoms with van der Waals surface area (Å²) < 4.78 is 2.07. The van der Waals surface area contributed by atoms with Crippen molar-refractivity contribution in [1.29, 1.82) is 0 Å². The van der Waals surface area contributed by atoms with E-state index >= 15 is 0 Å². The van der Waals surface area contributed by atoms with Gasteiger partial charge in [0.05, 0.1) is 6.33 Å². The van der Waals surface area contributed by atoms with Gasteiger partial charge in [0, 0.05) is 31.4 Å². The smallest absolute Gasteiger partial charge is 0.0946 e. The zero-order valence-corrected chi connectivity index (χ0v) is 9.50. The largest absolute Gasteiger partial charge is 0.337 e. The molecule has 1 aromatic heterocycles. The molecule has 1 unspecified atom stereocenters. The summed E-state index contributed by atoms with van der Waals surface area (Å²) in [7, 11) is 0. The molecule has 0 bridgehead atoms. The van der Waals surface area contributed by atoms with Crippen molar-refractivity contribution in [3.63, 3.8) is 0 Å². The van der Waals surface area contributed by atoms with Crippen LogP contribution < -0.4 is 5.73 Å². The Bertz CT molecular complexity index is 417. The van der Waals surface area contributed by atoms with Gasteiger partial charge >= 0.3 is 0 Å². The third kappa shape index (κ3) is 2.49. The van der Waals surface area contributed by atoms with Gasteiger partial charge in [0.1, 0.15) is 0 Å². The van der Waals surface area contributed by atoms with Crippen LogP contribution in [0, 0.1) is 6.92 Å². The molecule has 1 heterocycles. The van der Waals surface area contributed by atoms with Crippen molar-refractivity contribution in [2.24, 2.45) is 5.73 Å². The van der Waals surface area contributed by atoms with E-state index in [-0.39, 0.29) is 0 Å². The highest BCUT2D eigenvalue weighted by molar-refractivity contribution is 5.24. The fourth-order valence-electron chi connectivity index (χ4n) is 1.80. The van der Waals surface area contributed by atoms with Gasteiger partial charge < -0.3 is 10.3 Å². The van der Waals surface area contributed by atoms with Crippen molar-refractivity contribution in [2.45, 2.75) is 19.4 Å². The molecule has 3 heteroatoms. The van der Waals surface area contributed by atoms with Crippen LogP contribution in [0.4, 0.5) is 0 Å². The zero-order chi connectivity index (χ0) is 11.4. The first-order valence-corrected chi connectivity index (χ1v) is 5.52. The SMILES string of the molecule is Cc1ccc(C(CN)Cn2ccnc2)cc1. The molecule has 0 saturated heterocycles. The average molecular weight is 215 g/mol. The molecular weight excluding hydrogens is 198 g/mol. The Kier molecular flexibility index (Phi) is 3.37. The first-order valence-electron chi connectivity index (χ1n) is 5.52. The first-order chi connectivity index (χ1) is 7.79. The Balaban J connectivity index is 2.13. The Morgan fingerprint density at radius 2 is 2.06 bits per heavy atom. The van der Waals surface area contributed by atoms with Crippen molar-refractivity contribution < 1.29 is 0 Å². The monoisotopic (exact) mass is 215 g/mol. The second-order valence-electron chi connectivity index (χ2n) is 4.10. The van der Waals surface area contributed by atoms with Crippen molar-refractivity contribution in [3.05, 3.63) is 54.1 Å². The van der Waals surface area contributed by atoms with E-state index < -0.39 is 0 Å². The third-order valence-electron chi connectivity index (χ3n) is 2.82. The lowest BCUT2D eigenvalue weighted by molar-refractivity contribution is 0.566. The second-order valence-corrected chi connectivity index (χ2v) is 4.10. The van der Waals surface area contributed by atoms with Gasteiger partial charge in [0.2, 0.25) is 0 Å². The summed E-state index contributed by atoms with van der Waals surface area (Å²) in [6.07, 6.45) is 5.59. The minimum absolute atomic E-state index is 0.356. The van der Waals surface area contributed by atoms with Gasteiger partial charge in [0.25, 0.3) is 0 Å². The molecule has 2 N–H and O–H groups in total. The summed E-state index contributed by atoms with van der Waals surface area (Å²) >= 11 is 0. The molecule has 0 amide bonds. The van der Waals surface area contributed by atoms with E-state index in [2.05, 4.69) is 40.7 Å². The van der Waals surface area contributed by atoms with Crippen molar-refractivity contribution in [1.82, 2.24) is 9.55 Å². The topological polar surface area (TPSA) is 43.8 Å². The molecule has 0 fully saturated rings. The lowest BCUT2D eigenvalue weighted by Crippen LogP contribution is -2.17. The molecule has 0 saturated carbocycles. The van der Waals surface area contributed by atoms with E-state index in [0.29, 0.717) is 12.5 Å². The molecule has 2 rings (SSSR count). The number of rotatable bonds is 4. The highest BCUT2D eigenvalue weighted by Gasteiger charge is 2.09. The highest BCUT2D eigenvalue weighted by Crippen LogP contribution is 2.17. The van der Waals surface area contributed by atoms with Crippen LogP contribution in [-0.4, -0.2) is 16.1 Å². The Labute approximate surface area is 95.9 Å². The van der Waals surface area contributed by atoms with E-state index in [4.69, 9.17) is 5.73 Å². The van der Waals surface area contributed by atoms with E-state index in [9.17, 15) is 0 Å². The summed E-state index contributed by atoms with van der Waals surface area (Å²) in [6.45, 7) is 3.64. The van der Waals surface area contributed by atoms with Crippen LogP contribution in [0.2, 0.25) is 0 Å². The molecule has 3 nitrogen and oxygen atoms in total. The van der Waals surface area contributed by atoms with Crippen molar-refractivity contribution in [3.8, 4) is 0 Å².